The second kappa shape index (κ2) is 8.18. The van der Waals surface area contributed by atoms with Gasteiger partial charge in [0.25, 0.3) is 11.8 Å². The fourth-order valence-electron chi connectivity index (χ4n) is 3.60. The Bertz CT molecular complexity index is 842. The van der Waals surface area contributed by atoms with Crippen LogP contribution in [0.3, 0.4) is 0 Å². The summed E-state index contributed by atoms with van der Waals surface area (Å²) in [5, 5.41) is 0. The SMILES string of the molecule is O=C(OCC(=O)N1CCN(C(=O)c2ccco2)CC1)c1cc2c(s1)CCCC2. The average molecular weight is 402 g/mol. The smallest absolute Gasteiger partial charge is 0.348 e. The standard InChI is InChI=1S/C20H22N2O5S/c23-18(13-27-20(25)17-12-14-4-1-2-6-16(14)28-17)21-7-9-22(10-8-21)19(24)15-5-3-11-26-15/h3,5,11-12H,1-2,4,6-10,13H2. The third kappa shape index (κ3) is 3.96. The van der Waals surface area contributed by atoms with Crippen molar-refractivity contribution in [3.63, 3.8) is 0 Å². The van der Waals surface area contributed by atoms with Gasteiger partial charge in [0.1, 0.15) is 4.88 Å². The quantitative estimate of drug-likeness (QED) is 0.734. The van der Waals surface area contributed by atoms with Crippen molar-refractivity contribution in [1.29, 1.82) is 0 Å². The molecule has 2 aliphatic rings. The molecule has 0 spiro atoms. The van der Waals surface area contributed by atoms with Gasteiger partial charge in [-0.1, -0.05) is 0 Å². The van der Waals surface area contributed by atoms with Crippen molar-refractivity contribution < 1.29 is 23.5 Å². The summed E-state index contributed by atoms with van der Waals surface area (Å²) in [4.78, 5) is 42.0. The van der Waals surface area contributed by atoms with Gasteiger partial charge in [-0.05, 0) is 49.4 Å². The van der Waals surface area contributed by atoms with E-state index in [-0.39, 0.29) is 18.4 Å². The summed E-state index contributed by atoms with van der Waals surface area (Å²) in [6, 6.07) is 5.21. The van der Waals surface area contributed by atoms with Gasteiger partial charge in [0.15, 0.2) is 12.4 Å². The number of furan rings is 1. The molecule has 148 valence electrons. The Balaban J connectivity index is 1.25. The molecule has 2 aromatic heterocycles. The van der Waals surface area contributed by atoms with Crippen LogP contribution in [-0.4, -0.2) is 60.4 Å². The molecule has 0 saturated carbocycles. The number of hydrogen-bond acceptors (Lipinski definition) is 6. The molecule has 4 rings (SSSR count). The lowest BCUT2D eigenvalue weighted by Crippen LogP contribution is -2.51. The van der Waals surface area contributed by atoms with Crippen LogP contribution in [-0.2, 0) is 22.4 Å². The summed E-state index contributed by atoms with van der Waals surface area (Å²) in [6.45, 7) is 1.41. The number of esters is 1. The Labute approximate surface area is 166 Å². The molecule has 1 aliphatic heterocycles. The molecule has 2 amide bonds. The zero-order valence-electron chi connectivity index (χ0n) is 15.5. The van der Waals surface area contributed by atoms with Gasteiger partial charge in [0.05, 0.1) is 6.26 Å². The van der Waals surface area contributed by atoms with Crippen molar-refractivity contribution in [2.24, 2.45) is 0 Å². The number of thiophene rings is 1. The van der Waals surface area contributed by atoms with Gasteiger partial charge in [-0.25, -0.2) is 4.79 Å². The zero-order valence-corrected chi connectivity index (χ0v) is 16.3. The second-order valence-corrected chi connectivity index (χ2v) is 8.13. The van der Waals surface area contributed by atoms with Crippen molar-refractivity contribution in [3.8, 4) is 0 Å². The van der Waals surface area contributed by atoms with Crippen LogP contribution in [0, 0.1) is 0 Å². The Morgan fingerprint density at radius 3 is 2.54 bits per heavy atom. The summed E-state index contributed by atoms with van der Waals surface area (Å²) in [5.74, 6) is -0.545. The summed E-state index contributed by atoms with van der Waals surface area (Å²) < 4.78 is 10.4. The first-order valence-corrected chi connectivity index (χ1v) is 10.3. The molecule has 0 radical (unpaired) electrons. The van der Waals surface area contributed by atoms with E-state index >= 15 is 0 Å². The van der Waals surface area contributed by atoms with Crippen molar-refractivity contribution in [3.05, 3.63) is 45.5 Å². The van der Waals surface area contributed by atoms with Gasteiger partial charge in [-0.15, -0.1) is 11.3 Å². The maximum Gasteiger partial charge on any atom is 0.348 e. The molecule has 0 bridgehead atoms. The fraction of sp³-hybridized carbons (Fsp3) is 0.450. The van der Waals surface area contributed by atoms with Crippen molar-refractivity contribution in [2.75, 3.05) is 32.8 Å². The molecule has 0 atom stereocenters. The maximum atomic E-state index is 12.4. The van der Waals surface area contributed by atoms with Crippen molar-refractivity contribution in [2.45, 2.75) is 25.7 Å². The fourth-order valence-corrected chi connectivity index (χ4v) is 4.74. The van der Waals surface area contributed by atoms with Crippen LogP contribution in [0.4, 0.5) is 0 Å². The highest BCUT2D eigenvalue weighted by atomic mass is 32.1. The van der Waals surface area contributed by atoms with E-state index in [4.69, 9.17) is 9.15 Å². The minimum Gasteiger partial charge on any atom is -0.459 e. The number of carbonyl (C=O) groups excluding carboxylic acids is 3. The normalized spacial score (nSPS) is 16.6. The van der Waals surface area contributed by atoms with E-state index in [9.17, 15) is 14.4 Å². The van der Waals surface area contributed by atoms with Gasteiger partial charge >= 0.3 is 5.97 Å². The maximum absolute atomic E-state index is 12.4. The lowest BCUT2D eigenvalue weighted by Gasteiger charge is -2.34. The predicted octanol–water partition coefficient (Wildman–Crippen LogP) is 2.36. The molecule has 1 aliphatic carbocycles. The van der Waals surface area contributed by atoms with Crippen LogP contribution in [0.2, 0.25) is 0 Å². The monoisotopic (exact) mass is 402 g/mol. The number of fused-ring (bicyclic) bond motifs is 1. The first kappa shape index (κ1) is 18.7. The number of rotatable bonds is 4. The molecule has 1 saturated heterocycles. The summed E-state index contributed by atoms with van der Waals surface area (Å²) in [6.07, 6.45) is 5.82. The van der Waals surface area contributed by atoms with Gasteiger partial charge in [-0.3, -0.25) is 9.59 Å². The number of aryl methyl sites for hydroxylation is 2. The number of nitrogens with zero attached hydrogens (tertiary/aromatic N) is 2. The molecule has 0 aromatic carbocycles. The molecule has 7 nitrogen and oxygen atoms in total. The molecular formula is C20H22N2O5S. The van der Waals surface area contributed by atoms with Gasteiger partial charge < -0.3 is 19.0 Å². The van der Waals surface area contributed by atoms with Gasteiger partial charge in [0, 0.05) is 31.1 Å². The van der Waals surface area contributed by atoms with Crippen LogP contribution in [0.5, 0.6) is 0 Å². The predicted molar refractivity (Wildman–Crippen MR) is 102 cm³/mol. The number of amides is 2. The van der Waals surface area contributed by atoms with Crippen LogP contribution in [0.1, 0.15) is 43.5 Å². The Hall–Kier alpha value is -2.61. The van der Waals surface area contributed by atoms with E-state index in [0.29, 0.717) is 36.8 Å². The van der Waals surface area contributed by atoms with Gasteiger partial charge in [0.2, 0.25) is 0 Å². The average Bonchev–Trinajstić information content (AvgIpc) is 3.41. The summed E-state index contributed by atoms with van der Waals surface area (Å²) in [5.41, 5.74) is 1.24. The highest BCUT2D eigenvalue weighted by molar-refractivity contribution is 7.14. The van der Waals surface area contributed by atoms with E-state index in [1.54, 1.807) is 21.9 Å². The number of hydrogen-bond donors (Lipinski definition) is 0. The number of carbonyl (C=O) groups is 3. The first-order valence-electron chi connectivity index (χ1n) is 9.51. The third-order valence-electron chi connectivity index (χ3n) is 5.18. The molecule has 3 heterocycles. The third-order valence-corrected chi connectivity index (χ3v) is 6.39. The lowest BCUT2D eigenvalue weighted by molar-refractivity contribution is -0.136. The lowest BCUT2D eigenvalue weighted by atomic mass is 9.99. The highest BCUT2D eigenvalue weighted by Gasteiger charge is 2.27. The topological polar surface area (TPSA) is 80.1 Å². The van der Waals surface area contributed by atoms with E-state index < -0.39 is 5.97 Å². The van der Waals surface area contributed by atoms with Crippen LogP contribution in [0.15, 0.2) is 28.9 Å². The largest absolute Gasteiger partial charge is 0.459 e. The number of piperazine rings is 1. The van der Waals surface area contributed by atoms with E-state index in [2.05, 4.69) is 0 Å². The molecular weight excluding hydrogens is 380 g/mol. The molecule has 0 unspecified atom stereocenters. The highest BCUT2D eigenvalue weighted by Crippen LogP contribution is 2.30. The Morgan fingerprint density at radius 1 is 1.07 bits per heavy atom. The van der Waals surface area contributed by atoms with E-state index in [1.165, 1.54) is 28.0 Å². The Morgan fingerprint density at radius 2 is 1.82 bits per heavy atom. The van der Waals surface area contributed by atoms with Crippen molar-refractivity contribution in [1.82, 2.24) is 9.80 Å². The van der Waals surface area contributed by atoms with E-state index in [0.717, 1.165) is 25.7 Å². The first-order chi connectivity index (χ1) is 13.6. The van der Waals surface area contributed by atoms with Crippen molar-refractivity contribution >= 4 is 29.1 Å². The number of ether oxygens (including phenoxy) is 1. The van der Waals surface area contributed by atoms with E-state index in [1.807, 2.05) is 6.07 Å². The molecule has 2 aromatic rings. The Kier molecular flexibility index (Phi) is 5.47. The summed E-state index contributed by atoms with van der Waals surface area (Å²) in [7, 11) is 0. The van der Waals surface area contributed by atoms with Crippen LogP contribution < -0.4 is 0 Å². The zero-order chi connectivity index (χ0) is 19.5. The van der Waals surface area contributed by atoms with Crippen LogP contribution >= 0.6 is 11.3 Å². The summed E-state index contributed by atoms with van der Waals surface area (Å²) >= 11 is 1.48. The minimum atomic E-state index is -0.431. The molecule has 1 fully saturated rings. The second-order valence-electron chi connectivity index (χ2n) is 6.99. The van der Waals surface area contributed by atoms with Gasteiger partial charge in [-0.2, -0.15) is 0 Å². The molecule has 28 heavy (non-hydrogen) atoms. The van der Waals surface area contributed by atoms with Crippen LogP contribution in [0.25, 0.3) is 0 Å². The molecule has 0 N–H and O–H groups in total. The molecule has 8 heteroatoms. The minimum absolute atomic E-state index is 0.176.